The Balaban J connectivity index is 1.86. The van der Waals surface area contributed by atoms with E-state index in [9.17, 15) is 4.79 Å². The minimum atomic E-state index is -0.0737. The van der Waals surface area contributed by atoms with Crippen LogP contribution in [0.15, 0.2) is 24.3 Å². The number of carbonyl (C=O) groups excluding carboxylic acids is 1. The van der Waals surface area contributed by atoms with E-state index >= 15 is 0 Å². The van der Waals surface area contributed by atoms with Crippen LogP contribution < -0.4 is 10.2 Å². The lowest BCUT2D eigenvalue weighted by Crippen LogP contribution is -2.47. The Hall–Kier alpha value is -1.46. The third-order valence-electron chi connectivity index (χ3n) is 4.15. The monoisotopic (exact) mass is 339 g/mol. The van der Waals surface area contributed by atoms with Crippen molar-refractivity contribution >= 4 is 23.3 Å². The fraction of sp³-hybridized carbons (Fsp3) is 0.588. The lowest BCUT2D eigenvalue weighted by molar-refractivity contribution is 0.173. The lowest BCUT2D eigenvalue weighted by Gasteiger charge is -2.25. The van der Waals surface area contributed by atoms with Crippen molar-refractivity contribution in [3.8, 4) is 0 Å². The number of aliphatic hydroxyl groups excluding tert-OH is 1. The van der Waals surface area contributed by atoms with E-state index in [0.29, 0.717) is 13.1 Å². The van der Waals surface area contributed by atoms with E-state index in [1.54, 1.807) is 4.90 Å². The van der Waals surface area contributed by atoms with E-state index in [4.69, 9.17) is 16.7 Å². The van der Waals surface area contributed by atoms with Crippen molar-refractivity contribution < 1.29 is 9.90 Å². The number of unbranched alkanes of at least 4 members (excludes halogenated alkanes) is 1. The van der Waals surface area contributed by atoms with Gasteiger partial charge in [-0.2, -0.15) is 0 Å². The Kier molecular flexibility index (Phi) is 6.99. The molecule has 2 N–H and O–H groups in total. The number of halogens is 1. The molecule has 1 saturated heterocycles. The van der Waals surface area contributed by atoms with Crippen LogP contribution in [0.3, 0.4) is 0 Å². The van der Waals surface area contributed by atoms with Gasteiger partial charge in [0.1, 0.15) is 0 Å². The van der Waals surface area contributed by atoms with E-state index in [1.165, 1.54) is 0 Å². The predicted octanol–water partition coefficient (Wildman–Crippen LogP) is 2.72. The highest BCUT2D eigenvalue weighted by Gasteiger charge is 2.25. The maximum Gasteiger partial charge on any atom is 0.317 e. The summed E-state index contributed by atoms with van der Waals surface area (Å²) in [7, 11) is 0. The van der Waals surface area contributed by atoms with E-state index < -0.39 is 0 Å². The van der Waals surface area contributed by atoms with Crippen LogP contribution in [0.4, 0.5) is 10.5 Å². The van der Waals surface area contributed by atoms with Gasteiger partial charge in [-0.25, -0.2) is 4.79 Å². The van der Waals surface area contributed by atoms with E-state index in [2.05, 4.69) is 17.1 Å². The molecule has 0 saturated carbocycles. The number of aliphatic hydroxyl groups is 1. The fourth-order valence-electron chi connectivity index (χ4n) is 2.81. The van der Waals surface area contributed by atoms with Crippen LogP contribution in [0, 0.1) is 0 Å². The SMILES string of the molecule is CCCCN(CCO)C(=O)NC1CCN(c2ccc(Cl)cc2)C1. The molecule has 0 aromatic heterocycles. The van der Waals surface area contributed by atoms with Crippen molar-refractivity contribution in [2.75, 3.05) is 37.7 Å². The zero-order chi connectivity index (χ0) is 16.7. The van der Waals surface area contributed by atoms with Crippen LogP contribution in [0.5, 0.6) is 0 Å². The predicted molar refractivity (Wildman–Crippen MR) is 94.2 cm³/mol. The summed E-state index contributed by atoms with van der Waals surface area (Å²) in [5.74, 6) is 0. The molecule has 0 radical (unpaired) electrons. The molecule has 1 aliphatic heterocycles. The summed E-state index contributed by atoms with van der Waals surface area (Å²) >= 11 is 5.92. The van der Waals surface area contributed by atoms with Crippen molar-refractivity contribution in [3.05, 3.63) is 29.3 Å². The summed E-state index contributed by atoms with van der Waals surface area (Å²) in [6, 6.07) is 7.85. The van der Waals surface area contributed by atoms with Crippen LogP contribution in [0.2, 0.25) is 5.02 Å². The molecule has 23 heavy (non-hydrogen) atoms. The number of nitrogens with zero attached hydrogens (tertiary/aromatic N) is 2. The third kappa shape index (κ3) is 5.29. The van der Waals surface area contributed by atoms with Gasteiger partial charge in [0.15, 0.2) is 0 Å². The molecule has 1 fully saturated rings. The second-order valence-corrected chi connectivity index (χ2v) is 6.36. The van der Waals surface area contributed by atoms with Gasteiger partial charge in [-0.1, -0.05) is 24.9 Å². The minimum Gasteiger partial charge on any atom is -0.395 e. The van der Waals surface area contributed by atoms with Crippen molar-refractivity contribution in [1.29, 1.82) is 0 Å². The lowest BCUT2D eigenvalue weighted by atomic mass is 10.2. The Morgan fingerprint density at radius 3 is 2.78 bits per heavy atom. The number of urea groups is 1. The summed E-state index contributed by atoms with van der Waals surface area (Å²) in [4.78, 5) is 16.3. The molecule has 5 nitrogen and oxygen atoms in total. The molecule has 2 amide bonds. The number of rotatable bonds is 7. The quantitative estimate of drug-likeness (QED) is 0.803. The van der Waals surface area contributed by atoms with Crippen molar-refractivity contribution in [2.24, 2.45) is 0 Å². The van der Waals surface area contributed by atoms with Crippen molar-refractivity contribution in [2.45, 2.75) is 32.2 Å². The van der Waals surface area contributed by atoms with Gasteiger partial charge in [0, 0.05) is 42.9 Å². The number of benzene rings is 1. The molecule has 128 valence electrons. The molecular weight excluding hydrogens is 314 g/mol. The molecular formula is C17H26ClN3O2. The van der Waals surface area contributed by atoms with Gasteiger partial charge in [-0.3, -0.25) is 0 Å². The smallest absolute Gasteiger partial charge is 0.317 e. The van der Waals surface area contributed by atoms with E-state index in [0.717, 1.165) is 43.1 Å². The summed E-state index contributed by atoms with van der Waals surface area (Å²) in [6.07, 6.45) is 2.91. The maximum atomic E-state index is 12.4. The van der Waals surface area contributed by atoms with Crippen LogP contribution in [0.25, 0.3) is 0 Å². The number of hydrogen-bond donors (Lipinski definition) is 2. The Bertz CT molecular complexity index is 495. The average molecular weight is 340 g/mol. The molecule has 1 atom stereocenters. The summed E-state index contributed by atoms with van der Waals surface area (Å²) < 4.78 is 0. The highest BCUT2D eigenvalue weighted by Crippen LogP contribution is 2.22. The highest BCUT2D eigenvalue weighted by atomic mass is 35.5. The molecule has 0 bridgehead atoms. The van der Waals surface area contributed by atoms with Gasteiger partial charge in [0.05, 0.1) is 6.61 Å². The van der Waals surface area contributed by atoms with Crippen LogP contribution >= 0.6 is 11.6 Å². The summed E-state index contributed by atoms with van der Waals surface area (Å²) in [5, 5.41) is 12.9. The molecule has 1 aromatic rings. The van der Waals surface area contributed by atoms with Gasteiger partial charge in [0.2, 0.25) is 0 Å². The number of anilines is 1. The standard InChI is InChI=1S/C17H26ClN3O2/c1-2-3-9-20(11-12-22)17(23)19-15-8-10-21(13-15)16-6-4-14(18)5-7-16/h4-7,15,22H,2-3,8-13H2,1H3,(H,19,23). The number of nitrogens with one attached hydrogen (secondary N) is 1. The number of carbonyl (C=O) groups is 1. The van der Waals surface area contributed by atoms with Crippen molar-refractivity contribution in [3.63, 3.8) is 0 Å². The molecule has 1 heterocycles. The average Bonchev–Trinajstić information content (AvgIpc) is 3.00. The molecule has 2 rings (SSSR count). The maximum absolute atomic E-state index is 12.4. The van der Waals surface area contributed by atoms with Crippen molar-refractivity contribution in [1.82, 2.24) is 10.2 Å². The summed E-state index contributed by atoms with van der Waals surface area (Å²) in [5.41, 5.74) is 1.13. The van der Waals surface area contributed by atoms with Crippen LogP contribution in [0.1, 0.15) is 26.2 Å². The molecule has 6 heteroatoms. The van der Waals surface area contributed by atoms with Gasteiger partial charge >= 0.3 is 6.03 Å². The first-order valence-corrected chi connectivity index (χ1v) is 8.68. The molecule has 1 unspecified atom stereocenters. The van der Waals surface area contributed by atoms with E-state index in [-0.39, 0.29) is 18.7 Å². The van der Waals surface area contributed by atoms with Gasteiger partial charge in [0.25, 0.3) is 0 Å². The highest BCUT2D eigenvalue weighted by molar-refractivity contribution is 6.30. The zero-order valence-corrected chi connectivity index (χ0v) is 14.4. The zero-order valence-electron chi connectivity index (χ0n) is 13.7. The minimum absolute atomic E-state index is 0.00129. The Morgan fingerprint density at radius 2 is 2.13 bits per heavy atom. The second kappa shape index (κ2) is 8.99. The third-order valence-corrected chi connectivity index (χ3v) is 4.40. The van der Waals surface area contributed by atoms with Crippen LogP contribution in [-0.2, 0) is 0 Å². The van der Waals surface area contributed by atoms with E-state index in [1.807, 2.05) is 24.3 Å². The largest absolute Gasteiger partial charge is 0.395 e. The first-order chi connectivity index (χ1) is 11.1. The Morgan fingerprint density at radius 1 is 1.39 bits per heavy atom. The fourth-order valence-corrected chi connectivity index (χ4v) is 2.94. The molecule has 1 aromatic carbocycles. The van der Waals surface area contributed by atoms with Crippen LogP contribution in [-0.4, -0.2) is 54.9 Å². The Labute approximate surface area is 143 Å². The molecule has 1 aliphatic rings. The number of amides is 2. The van der Waals surface area contributed by atoms with Gasteiger partial charge in [-0.05, 0) is 37.1 Å². The topological polar surface area (TPSA) is 55.8 Å². The first kappa shape index (κ1) is 17.9. The molecule has 0 spiro atoms. The van der Waals surface area contributed by atoms with Gasteiger partial charge in [-0.15, -0.1) is 0 Å². The first-order valence-electron chi connectivity index (χ1n) is 8.31. The molecule has 0 aliphatic carbocycles. The second-order valence-electron chi connectivity index (χ2n) is 5.92. The van der Waals surface area contributed by atoms with Gasteiger partial charge < -0.3 is 20.2 Å². The number of hydrogen-bond acceptors (Lipinski definition) is 3. The normalized spacial score (nSPS) is 17.3. The summed E-state index contributed by atoms with van der Waals surface area (Å²) in [6.45, 7) is 4.89.